The quantitative estimate of drug-likeness (QED) is 0.485. The fraction of sp³-hybridized carbons (Fsp3) is 0.0909. The van der Waals surface area contributed by atoms with Crippen LogP contribution < -0.4 is 0 Å². The highest BCUT2D eigenvalue weighted by atomic mass is 79.9. The van der Waals surface area contributed by atoms with E-state index in [1.54, 1.807) is 0 Å². The summed E-state index contributed by atoms with van der Waals surface area (Å²) >= 11 is 2.92. The molecule has 0 aliphatic rings. The lowest BCUT2D eigenvalue weighted by molar-refractivity contribution is -0.390. The minimum Gasteiger partial charge on any atom is -0.358 e. The first-order chi connectivity index (χ1) is 9.38. The Bertz CT molecular complexity index is 702. The number of nitrogens with zero attached hydrogens (tertiary/aromatic N) is 3. The molecule has 1 aromatic heterocycles. The number of nitro groups is 1. The maximum atomic E-state index is 13.4. The fourth-order valence-corrected chi connectivity index (χ4v) is 2.00. The average molecular weight is 346 g/mol. The zero-order chi connectivity index (χ0) is 14.9. The summed E-state index contributed by atoms with van der Waals surface area (Å²) < 4.78 is 27.5. The van der Waals surface area contributed by atoms with Crippen molar-refractivity contribution in [2.45, 2.75) is 6.54 Å². The van der Waals surface area contributed by atoms with E-state index >= 15 is 0 Å². The van der Waals surface area contributed by atoms with E-state index in [2.05, 4.69) is 21.0 Å². The summed E-state index contributed by atoms with van der Waals surface area (Å²) in [5.41, 5.74) is -0.431. The van der Waals surface area contributed by atoms with Crippen molar-refractivity contribution in [3.63, 3.8) is 0 Å². The van der Waals surface area contributed by atoms with Crippen LogP contribution in [0.15, 0.2) is 28.9 Å². The molecule has 104 valence electrons. The third kappa shape index (κ3) is 2.87. The smallest absolute Gasteiger partial charge is 0.358 e. The second-order valence-corrected chi connectivity index (χ2v) is 4.66. The Hall–Kier alpha value is -2.16. The molecular formula is C11H6BrF2N3O3. The predicted molar refractivity (Wildman–Crippen MR) is 67.3 cm³/mol. The topological polar surface area (TPSA) is 78.0 Å². The lowest BCUT2D eigenvalue weighted by Gasteiger charge is -2.01. The molecule has 2 aromatic rings. The van der Waals surface area contributed by atoms with Crippen molar-refractivity contribution in [1.29, 1.82) is 0 Å². The SMILES string of the molecule is O=C(Cn1cc(Br)c([N+](=O)[O-])n1)c1cc(F)ccc1F. The van der Waals surface area contributed by atoms with Gasteiger partial charge in [0.25, 0.3) is 0 Å². The number of carbonyl (C=O) groups excluding carboxylic acids is 1. The Morgan fingerprint density at radius 2 is 2.15 bits per heavy atom. The summed E-state index contributed by atoms with van der Waals surface area (Å²) in [5.74, 6) is -2.82. The van der Waals surface area contributed by atoms with Crippen molar-refractivity contribution in [2.24, 2.45) is 0 Å². The molecule has 0 atom stereocenters. The number of carbonyl (C=O) groups is 1. The van der Waals surface area contributed by atoms with Gasteiger partial charge in [-0.25, -0.2) is 8.78 Å². The van der Waals surface area contributed by atoms with Gasteiger partial charge < -0.3 is 10.1 Å². The van der Waals surface area contributed by atoms with E-state index in [-0.39, 0.29) is 4.47 Å². The number of halogens is 3. The first-order valence-electron chi connectivity index (χ1n) is 5.24. The van der Waals surface area contributed by atoms with E-state index in [1.165, 1.54) is 6.20 Å². The molecule has 1 heterocycles. The van der Waals surface area contributed by atoms with Gasteiger partial charge in [0.05, 0.1) is 16.9 Å². The van der Waals surface area contributed by atoms with E-state index < -0.39 is 40.3 Å². The Morgan fingerprint density at radius 1 is 1.45 bits per heavy atom. The summed E-state index contributed by atoms with van der Waals surface area (Å²) in [6, 6.07) is 2.50. The third-order valence-corrected chi connectivity index (χ3v) is 2.97. The van der Waals surface area contributed by atoms with Gasteiger partial charge in [-0.2, -0.15) is 4.68 Å². The van der Waals surface area contributed by atoms with Gasteiger partial charge in [0.2, 0.25) is 0 Å². The highest BCUT2D eigenvalue weighted by molar-refractivity contribution is 9.10. The van der Waals surface area contributed by atoms with Crippen LogP contribution in [0.4, 0.5) is 14.6 Å². The molecule has 0 bridgehead atoms. The standard InChI is InChI=1S/C11H6BrF2N3O3/c12-8-4-16(15-11(8)17(19)20)5-10(18)7-3-6(13)1-2-9(7)14/h1-4H,5H2. The highest BCUT2D eigenvalue weighted by Gasteiger charge is 2.21. The van der Waals surface area contributed by atoms with Gasteiger partial charge in [-0.1, -0.05) is 0 Å². The summed E-state index contributed by atoms with van der Waals surface area (Å²) in [4.78, 5) is 21.7. The summed E-state index contributed by atoms with van der Waals surface area (Å²) in [7, 11) is 0. The van der Waals surface area contributed by atoms with Crippen molar-refractivity contribution in [2.75, 3.05) is 0 Å². The molecule has 0 saturated carbocycles. The van der Waals surface area contributed by atoms with Crippen LogP contribution >= 0.6 is 15.9 Å². The molecule has 0 radical (unpaired) electrons. The molecule has 2 rings (SSSR count). The van der Waals surface area contributed by atoms with Gasteiger partial charge in [-0.3, -0.25) is 4.79 Å². The number of hydrogen-bond donors (Lipinski definition) is 0. The van der Waals surface area contributed by atoms with Crippen molar-refractivity contribution in [3.8, 4) is 0 Å². The lowest BCUT2D eigenvalue weighted by Crippen LogP contribution is -2.13. The van der Waals surface area contributed by atoms with Gasteiger partial charge in [0.15, 0.2) is 5.78 Å². The molecule has 9 heteroatoms. The molecule has 1 aromatic carbocycles. The molecule has 0 aliphatic heterocycles. The predicted octanol–water partition coefficient (Wildman–Crippen LogP) is 2.71. The van der Waals surface area contributed by atoms with Crippen LogP contribution in [0, 0.1) is 21.7 Å². The van der Waals surface area contributed by atoms with Crippen LogP contribution in [0.25, 0.3) is 0 Å². The van der Waals surface area contributed by atoms with Gasteiger partial charge in [0, 0.05) is 0 Å². The average Bonchev–Trinajstić information content (AvgIpc) is 2.73. The van der Waals surface area contributed by atoms with E-state index in [4.69, 9.17) is 0 Å². The molecule has 0 fully saturated rings. The van der Waals surface area contributed by atoms with Gasteiger partial charge in [0.1, 0.15) is 22.7 Å². The molecule has 20 heavy (non-hydrogen) atoms. The van der Waals surface area contributed by atoms with E-state index in [0.29, 0.717) is 0 Å². The number of Topliss-reactive ketones (excluding diaryl/α,β-unsaturated/α-hetero) is 1. The molecule has 0 saturated heterocycles. The number of aromatic nitrogens is 2. The van der Waals surface area contributed by atoms with Crippen molar-refractivity contribution in [1.82, 2.24) is 9.78 Å². The second-order valence-electron chi connectivity index (χ2n) is 3.80. The Kier molecular flexibility index (Phi) is 3.89. The van der Waals surface area contributed by atoms with Crippen LogP contribution in [0.2, 0.25) is 0 Å². The van der Waals surface area contributed by atoms with Crippen molar-refractivity contribution >= 4 is 27.5 Å². The minimum atomic E-state index is -0.864. The minimum absolute atomic E-state index is 0.0926. The highest BCUT2D eigenvalue weighted by Crippen LogP contribution is 2.22. The third-order valence-electron chi connectivity index (χ3n) is 2.41. The monoisotopic (exact) mass is 345 g/mol. The van der Waals surface area contributed by atoms with Crippen molar-refractivity contribution < 1.29 is 18.5 Å². The fourth-order valence-electron chi connectivity index (χ4n) is 1.54. The lowest BCUT2D eigenvalue weighted by atomic mass is 10.1. The Labute approximate surface area is 119 Å². The normalized spacial score (nSPS) is 10.6. The van der Waals surface area contributed by atoms with Crippen LogP contribution in [0.1, 0.15) is 10.4 Å². The summed E-state index contributed by atoms with van der Waals surface area (Å²) in [5, 5.41) is 14.2. The first-order valence-corrected chi connectivity index (χ1v) is 6.03. The zero-order valence-corrected chi connectivity index (χ0v) is 11.3. The number of hydrogen-bond acceptors (Lipinski definition) is 4. The Balaban J connectivity index is 2.26. The van der Waals surface area contributed by atoms with Crippen molar-refractivity contribution in [3.05, 3.63) is 56.2 Å². The number of ketones is 1. The number of rotatable bonds is 4. The maximum Gasteiger partial charge on any atom is 0.404 e. The second kappa shape index (κ2) is 5.45. The van der Waals surface area contributed by atoms with Crippen LogP contribution in [0.5, 0.6) is 0 Å². The summed E-state index contributed by atoms with van der Waals surface area (Å²) in [6.45, 7) is -0.438. The molecule has 0 spiro atoms. The number of benzene rings is 1. The summed E-state index contributed by atoms with van der Waals surface area (Å²) in [6.07, 6.45) is 1.22. The van der Waals surface area contributed by atoms with E-state index in [9.17, 15) is 23.7 Å². The van der Waals surface area contributed by atoms with Gasteiger partial charge in [-0.05, 0) is 39.1 Å². The van der Waals surface area contributed by atoms with E-state index in [1.807, 2.05) is 0 Å². The zero-order valence-electron chi connectivity index (χ0n) is 9.72. The van der Waals surface area contributed by atoms with Crippen LogP contribution in [-0.4, -0.2) is 20.5 Å². The van der Waals surface area contributed by atoms with E-state index in [0.717, 1.165) is 22.9 Å². The maximum absolute atomic E-state index is 13.4. The molecular weight excluding hydrogens is 340 g/mol. The molecule has 6 nitrogen and oxygen atoms in total. The van der Waals surface area contributed by atoms with Gasteiger partial charge >= 0.3 is 5.82 Å². The first kappa shape index (κ1) is 14.3. The molecule has 0 aliphatic carbocycles. The Morgan fingerprint density at radius 3 is 2.75 bits per heavy atom. The largest absolute Gasteiger partial charge is 0.404 e. The van der Waals surface area contributed by atoms with Gasteiger partial charge in [-0.15, -0.1) is 0 Å². The molecule has 0 amide bonds. The molecule has 0 unspecified atom stereocenters. The molecule has 0 N–H and O–H groups in total. The van der Waals surface area contributed by atoms with Crippen LogP contribution in [-0.2, 0) is 6.54 Å². The van der Waals surface area contributed by atoms with Crippen LogP contribution in [0.3, 0.4) is 0 Å².